The van der Waals surface area contributed by atoms with Crippen molar-refractivity contribution in [2.24, 2.45) is 0 Å². The minimum Gasteiger partial charge on any atom is -0.477 e. The molecule has 0 unspecified atom stereocenters. The number of piperidine rings is 1. The number of nitrogens with one attached hydrogen (secondary N) is 1. The number of likely N-dealkylation sites (tertiary alicyclic amines) is 1. The lowest BCUT2D eigenvalue weighted by Crippen LogP contribution is -2.52. The molecule has 0 saturated carbocycles. The molecule has 8 heteroatoms. The first-order valence-corrected chi connectivity index (χ1v) is 10.1. The molecule has 1 saturated heterocycles. The van der Waals surface area contributed by atoms with Crippen LogP contribution in [0.2, 0.25) is 0 Å². The van der Waals surface area contributed by atoms with E-state index in [2.05, 4.69) is 5.32 Å². The maximum absolute atomic E-state index is 13.9. The molecule has 1 fully saturated rings. The summed E-state index contributed by atoms with van der Waals surface area (Å²) in [6.45, 7) is 1.41. The van der Waals surface area contributed by atoms with Gasteiger partial charge in [0.2, 0.25) is 5.91 Å². The average molecular weight is 415 g/mol. The lowest BCUT2D eigenvalue weighted by atomic mass is 10.1. The molecule has 6 nitrogen and oxygen atoms in total. The van der Waals surface area contributed by atoms with E-state index in [4.69, 9.17) is 4.74 Å². The molecular formula is C22H23F2N3O3. The smallest absolute Gasteiger partial charge is 0.265 e. The third-order valence-electron chi connectivity index (χ3n) is 5.37. The van der Waals surface area contributed by atoms with Crippen LogP contribution in [0.25, 0.3) is 0 Å². The molecule has 30 heavy (non-hydrogen) atoms. The quantitative estimate of drug-likeness (QED) is 0.833. The Morgan fingerprint density at radius 3 is 2.43 bits per heavy atom. The fourth-order valence-corrected chi connectivity index (χ4v) is 3.87. The predicted octanol–water partition coefficient (Wildman–Crippen LogP) is 3.18. The Balaban J connectivity index is 1.51. The zero-order chi connectivity index (χ0) is 21.1. The highest BCUT2D eigenvalue weighted by Gasteiger charge is 2.34. The third kappa shape index (κ3) is 4.22. The van der Waals surface area contributed by atoms with Crippen LogP contribution in [0.1, 0.15) is 19.3 Å². The summed E-state index contributed by atoms with van der Waals surface area (Å²) >= 11 is 0. The number of hydrogen-bond acceptors (Lipinski definition) is 4. The number of rotatable bonds is 4. The van der Waals surface area contributed by atoms with Gasteiger partial charge < -0.3 is 19.9 Å². The highest BCUT2D eigenvalue weighted by atomic mass is 19.1. The molecule has 2 heterocycles. The molecule has 4 rings (SSSR count). The van der Waals surface area contributed by atoms with Crippen LogP contribution in [0.15, 0.2) is 42.5 Å². The van der Waals surface area contributed by atoms with Crippen molar-refractivity contribution in [1.82, 2.24) is 4.90 Å². The number of fused-ring (bicyclic) bond motifs is 1. The van der Waals surface area contributed by atoms with E-state index >= 15 is 0 Å². The summed E-state index contributed by atoms with van der Waals surface area (Å²) in [5, 5.41) is 2.30. The molecule has 158 valence electrons. The number of nitrogens with zero attached hydrogens (tertiary/aromatic N) is 2. The van der Waals surface area contributed by atoms with E-state index in [9.17, 15) is 18.4 Å². The van der Waals surface area contributed by atoms with Gasteiger partial charge in [-0.2, -0.15) is 0 Å². The van der Waals surface area contributed by atoms with Gasteiger partial charge in [-0.3, -0.25) is 9.59 Å². The van der Waals surface area contributed by atoms with Gasteiger partial charge in [-0.15, -0.1) is 0 Å². The summed E-state index contributed by atoms with van der Waals surface area (Å²) in [5.41, 5.74) is 0.175. The number of carbonyl (C=O) groups excluding carboxylic acids is 2. The van der Waals surface area contributed by atoms with E-state index < -0.39 is 29.3 Å². The Hall–Kier alpha value is -3.16. The number of amides is 2. The summed E-state index contributed by atoms with van der Waals surface area (Å²) < 4.78 is 33.7. The highest BCUT2D eigenvalue weighted by molar-refractivity contribution is 5.95. The Bertz CT molecular complexity index is 927. The standard InChI is InChI=1S/C22H23F2N3O3/c23-15-7-6-8-16(24)21(15)25-20(28)14-27-13-19(22(29)26-11-4-1-5-12-26)30-18-10-3-2-9-17(18)27/h2-3,6-10,19H,1,4-5,11-14H2,(H,25,28)/t19-/m0/s1. The van der Waals surface area contributed by atoms with Crippen molar-refractivity contribution in [2.45, 2.75) is 25.4 Å². The molecular weight excluding hydrogens is 392 g/mol. The monoisotopic (exact) mass is 415 g/mol. The molecule has 0 bridgehead atoms. The van der Waals surface area contributed by atoms with Crippen LogP contribution >= 0.6 is 0 Å². The van der Waals surface area contributed by atoms with Crippen LogP contribution in [0.3, 0.4) is 0 Å². The van der Waals surface area contributed by atoms with E-state index in [1.165, 1.54) is 6.07 Å². The minimum atomic E-state index is -0.844. The predicted molar refractivity (Wildman–Crippen MR) is 108 cm³/mol. The minimum absolute atomic E-state index is 0.102. The summed E-state index contributed by atoms with van der Waals surface area (Å²) in [4.78, 5) is 29.0. The summed E-state index contributed by atoms with van der Waals surface area (Å²) in [7, 11) is 0. The molecule has 0 aromatic heterocycles. The van der Waals surface area contributed by atoms with Crippen LogP contribution in [0.5, 0.6) is 5.75 Å². The van der Waals surface area contributed by atoms with Crippen molar-refractivity contribution >= 4 is 23.2 Å². The zero-order valence-electron chi connectivity index (χ0n) is 16.4. The van der Waals surface area contributed by atoms with Gasteiger partial charge >= 0.3 is 0 Å². The van der Waals surface area contributed by atoms with Crippen molar-refractivity contribution in [1.29, 1.82) is 0 Å². The first-order valence-electron chi connectivity index (χ1n) is 10.1. The molecule has 2 amide bonds. The second-order valence-electron chi connectivity index (χ2n) is 7.49. The van der Waals surface area contributed by atoms with Gasteiger partial charge in [0.1, 0.15) is 23.1 Å². The Morgan fingerprint density at radius 1 is 1.00 bits per heavy atom. The number of anilines is 2. The van der Waals surface area contributed by atoms with E-state index in [-0.39, 0.29) is 19.0 Å². The van der Waals surface area contributed by atoms with Crippen LogP contribution < -0.4 is 15.0 Å². The molecule has 2 aromatic rings. The third-order valence-corrected chi connectivity index (χ3v) is 5.37. The molecule has 0 radical (unpaired) electrons. The molecule has 1 atom stereocenters. The molecule has 0 aliphatic carbocycles. The largest absolute Gasteiger partial charge is 0.477 e. The van der Waals surface area contributed by atoms with Gasteiger partial charge in [0.25, 0.3) is 5.91 Å². The molecule has 2 aliphatic rings. The second kappa shape index (κ2) is 8.69. The fraction of sp³-hybridized carbons (Fsp3) is 0.364. The van der Waals surface area contributed by atoms with E-state index in [1.54, 1.807) is 34.1 Å². The normalized spacial score (nSPS) is 18.4. The molecule has 0 spiro atoms. The Kier molecular flexibility index (Phi) is 5.83. The van der Waals surface area contributed by atoms with Crippen molar-refractivity contribution in [3.8, 4) is 5.75 Å². The lowest BCUT2D eigenvalue weighted by molar-refractivity contribution is -0.139. The number of halogens is 2. The number of ether oxygens (including phenoxy) is 1. The van der Waals surface area contributed by atoms with Gasteiger partial charge in [0.15, 0.2) is 6.10 Å². The number of benzene rings is 2. The highest BCUT2D eigenvalue weighted by Crippen LogP contribution is 2.33. The SMILES string of the molecule is O=C(CN1C[C@@H](C(=O)N2CCCCC2)Oc2ccccc21)Nc1c(F)cccc1F. The van der Waals surface area contributed by atoms with Crippen molar-refractivity contribution in [2.75, 3.05) is 36.4 Å². The zero-order valence-corrected chi connectivity index (χ0v) is 16.4. The first kappa shape index (κ1) is 20.1. The van der Waals surface area contributed by atoms with E-state index in [1.807, 2.05) is 0 Å². The second-order valence-corrected chi connectivity index (χ2v) is 7.49. The van der Waals surface area contributed by atoms with E-state index in [0.717, 1.165) is 31.4 Å². The summed E-state index contributed by atoms with van der Waals surface area (Å²) in [5.74, 6) is -1.87. The maximum atomic E-state index is 13.9. The van der Waals surface area contributed by atoms with Gasteiger partial charge in [0.05, 0.1) is 18.8 Å². The van der Waals surface area contributed by atoms with Crippen LogP contribution in [-0.2, 0) is 9.59 Å². The summed E-state index contributed by atoms with van der Waals surface area (Å²) in [6.07, 6.45) is 2.30. The van der Waals surface area contributed by atoms with Crippen LogP contribution in [-0.4, -0.2) is 49.0 Å². The van der Waals surface area contributed by atoms with Crippen molar-refractivity contribution < 1.29 is 23.1 Å². The molecule has 2 aromatic carbocycles. The van der Waals surface area contributed by atoms with Crippen LogP contribution in [0, 0.1) is 11.6 Å². The number of para-hydroxylation sites is 3. The van der Waals surface area contributed by atoms with Gasteiger partial charge in [-0.25, -0.2) is 8.78 Å². The lowest BCUT2D eigenvalue weighted by Gasteiger charge is -2.38. The fourth-order valence-electron chi connectivity index (χ4n) is 3.87. The van der Waals surface area contributed by atoms with Gasteiger partial charge in [-0.05, 0) is 43.5 Å². The first-order chi connectivity index (χ1) is 14.5. The van der Waals surface area contributed by atoms with Gasteiger partial charge in [0, 0.05) is 13.1 Å². The number of carbonyl (C=O) groups is 2. The molecule has 2 aliphatic heterocycles. The Labute approximate surface area is 173 Å². The number of hydrogen-bond donors (Lipinski definition) is 1. The van der Waals surface area contributed by atoms with E-state index in [0.29, 0.717) is 24.5 Å². The van der Waals surface area contributed by atoms with Gasteiger partial charge in [-0.1, -0.05) is 18.2 Å². The van der Waals surface area contributed by atoms with Crippen molar-refractivity contribution in [3.05, 3.63) is 54.1 Å². The molecule has 1 N–H and O–H groups in total. The topological polar surface area (TPSA) is 61.9 Å². The van der Waals surface area contributed by atoms with Crippen LogP contribution in [0.4, 0.5) is 20.2 Å². The average Bonchev–Trinajstić information content (AvgIpc) is 2.76. The van der Waals surface area contributed by atoms with Crippen molar-refractivity contribution in [3.63, 3.8) is 0 Å². The summed E-state index contributed by atoms with van der Waals surface area (Å²) in [6, 6.07) is 10.5. The Morgan fingerprint density at radius 2 is 1.70 bits per heavy atom. The maximum Gasteiger partial charge on any atom is 0.265 e.